The number of halogens is 2. The number of rotatable bonds is 8. The third-order valence-corrected chi connectivity index (χ3v) is 6.38. The maximum Gasteiger partial charge on any atom is 0.262 e. The lowest BCUT2D eigenvalue weighted by Gasteiger charge is -2.31. The third kappa shape index (κ3) is 6.10. The highest BCUT2D eigenvalue weighted by Gasteiger charge is 2.35. The van der Waals surface area contributed by atoms with Gasteiger partial charge in [-0.3, -0.25) is 14.5 Å². The van der Waals surface area contributed by atoms with Gasteiger partial charge in [0.15, 0.2) is 0 Å². The summed E-state index contributed by atoms with van der Waals surface area (Å²) in [6, 6.07) is 11.6. The monoisotopic (exact) mass is 484 g/mol. The fourth-order valence-corrected chi connectivity index (χ4v) is 4.38. The van der Waals surface area contributed by atoms with Gasteiger partial charge in [0.2, 0.25) is 5.91 Å². The zero-order valence-electron chi connectivity index (χ0n) is 19.8. The van der Waals surface area contributed by atoms with Crippen LogP contribution in [0.5, 0.6) is 0 Å². The van der Waals surface area contributed by atoms with Crippen LogP contribution in [-0.2, 0) is 14.3 Å². The first-order valence-corrected chi connectivity index (χ1v) is 11.9. The van der Waals surface area contributed by atoms with E-state index >= 15 is 0 Å². The highest BCUT2D eigenvalue weighted by molar-refractivity contribution is 6.03. The minimum Gasteiger partial charge on any atom is -0.379 e. The molecule has 0 N–H and O–H groups in total. The Kier molecular flexibility index (Phi) is 8.20. The summed E-state index contributed by atoms with van der Waals surface area (Å²) in [6.07, 6.45) is 0.565. The van der Waals surface area contributed by atoms with Crippen LogP contribution >= 0.6 is 0 Å². The largest absolute Gasteiger partial charge is 0.379 e. The molecule has 4 rings (SSSR count). The molecule has 0 bridgehead atoms. The second-order valence-electron chi connectivity index (χ2n) is 8.66. The van der Waals surface area contributed by atoms with Crippen molar-refractivity contribution in [2.45, 2.75) is 25.8 Å². The molecule has 1 atom stereocenters. The molecule has 0 saturated carbocycles. The molecular weight excluding hydrogens is 454 g/mol. The zero-order chi connectivity index (χ0) is 24.8. The van der Waals surface area contributed by atoms with E-state index in [4.69, 9.17) is 4.74 Å². The maximum atomic E-state index is 14.5. The van der Waals surface area contributed by atoms with Gasteiger partial charge < -0.3 is 9.64 Å². The summed E-state index contributed by atoms with van der Waals surface area (Å²) in [5.74, 6) is -1.30. The van der Waals surface area contributed by atoms with Crippen molar-refractivity contribution in [1.82, 2.24) is 14.8 Å². The number of carbonyl (C=O) groups is 2. The minimum atomic E-state index is -0.518. The number of hydrazone groups is 1. The molecule has 0 aromatic heterocycles. The minimum absolute atomic E-state index is 0.123. The number of morpholine rings is 1. The molecule has 2 aliphatic heterocycles. The van der Waals surface area contributed by atoms with Gasteiger partial charge in [0, 0.05) is 44.6 Å². The van der Waals surface area contributed by atoms with E-state index in [1.807, 2.05) is 0 Å². The highest BCUT2D eigenvalue weighted by atomic mass is 19.1. The lowest BCUT2D eigenvalue weighted by Crippen LogP contribution is -2.46. The quantitative estimate of drug-likeness (QED) is 0.577. The first-order chi connectivity index (χ1) is 17.0. The highest BCUT2D eigenvalue weighted by Crippen LogP contribution is 2.33. The van der Waals surface area contributed by atoms with Gasteiger partial charge in [0.1, 0.15) is 18.2 Å². The summed E-state index contributed by atoms with van der Waals surface area (Å²) in [5.41, 5.74) is 1.45. The molecule has 1 unspecified atom stereocenters. The molecule has 35 heavy (non-hydrogen) atoms. The van der Waals surface area contributed by atoms with Crippen LogP contribution in [0.3, 0.4) is 0 Å². The second-order valence-corrected chi connectivity index (χ2v) is 8.66. The maximum absolute atomic E-state index is 14.5. The number of amides is 2. The van der Waals surface area contributed by atoms with Gasteiger partial charge in [-0.05, 0) is 23.8 Å². The standard InChI is InChI=1S/C26H30F2N4O3/c1-2-25(33)31(12-11-30-13-15-35-16-14-30)18-26(34)32-24(19-7-9-20(27)10-8-19)17-23(29-32)21-5-3-4-6-22(21)28/h3-10,24H,2,11-18H2,1H3. The summed E-state index contributed by atoms with van der Waals surface area (Å²) in [6.45, 7) is 5.57. The van der Waals surface area contributed by atoms with E-state index in [2.05, 4.69) is 10.0 Å². The van der Waals surface area contributed by atoms with Crippen LogP contribution in [-0.4, -0.2) is 78.3 Å². The van der Waals surface area contributed by atoms with Crippen LogP contribution in [0.25, 0.3) is 0 Å². The van der Waals surface area contributed by atoms with Crippen molar-refractivity contribution in [3.05, 3.63) is 71.3 Å². The average molecular weight is 485 g/mol. The van der Waals surface area contributed by atoms with Crippen LogP contribution < -0.4 is 0 Å². The van der Waals surface area contributed by atoms with Gasteiger partial charge in [-0.1, -0.05) is 37.3 Å². The summed E-state index contributed by atoms with van der Waals surface area (Å²) in [4.78, 5) is 29.9. The Bertz CT molecular complexity index is 1070. The molecule has 186 valence electrons. The Balaban J connectivity index is 1.55. The average Bonchev–Trinajstić information content (AvgIpc) is 3.32. The topological polar surface area (TPSA) is 65.5 Å². The van der Waals surface area contributed by atoms with E-state index in [1.165, 1.54) is 23.2 Å². The van der Waals surface area contributed by atoms with Gasteiger partial charge in [-0.25, -0.2) is 13.8 Å². The normalized spacial score (nSPS) is 18.4. The first-order valence-electron chi connectivity index (χ1n) is 11.9. The SMILES string of the molecule is CCC(=O)N(CCN1CCOCC1)CC(=O)N1N=C(c2ccccc2F)CC1c1ccc(F)cc1. The molecule has 7 nitrogen and oxygen atoms in total. The Morgan fingerprint density at radius 1 is 1.09 bits per heavy atom. The number of hydrogen-bond donors (Lipinski definition) is 0. The number of benzene rings is 2. The molecule has 2 aromatic rings. The Hall–Kier alpha value is -3.17. The molecule has 0 aliphatic carbocycles. The summed E-state index contributed by atoms with van der Waals surface area (Å²) < 4.78 is 33.4. The van der Waals surface area contributed by atoms with Crippen molar-refractivity contribution >= 4 is 17.5 Å². The van der Waals surface area contributed by atoms with Crippen LogP contribution in [0.2, 0.25) is 0 Å². The summed E-state index contributed by atoms with van der Waals surface area (Å²) >= 11 is 0. The molecule has 1 saturated heterocycles. The Labute approximate surface area is 203 Å². The number of carbonyl (C=O) groups excluding carboxylic acids is 2. The van der Waals surface area contributed by atoms with E-state index in [9.17, 15) is 18.4 Å². The molecule has 0 spiro atoms. The van der Waals surface area contributed by atoms with Gasteiger partial charge in [0.25, 0.3) is 5.91 Å². The molecule has 0 radical (unpaired) electrons. The van der Waals surface area contributed by atoms with Crippen molar-refractivity contribution in [2.75, 3.05) is 45.9 Å². The second kappa shape index (κ2) is 11.5. The van der Waals surface area contributed by atoms with Crippen molar-refractivity contribution < 1.29 is 23.1 Å². The predicted octanol–water partition coefficient (Wildman–Crippen LogP) is 3.21. The van der Waals surface area contributed by atoms with Crippen molar-refractivity contribution in [3.8, 4) is 0 Å². The zero-order valence-corrected chi connectivity index (χ0v) is 19.8. The molecule has 2 heterocycles. The molecule has 9 heteroatoms. The summed E-state index contributed by atoms with van der Waals surface area (Å²) in [7, 11) is 0. The first kappa shape index (κ1) is 24.9. The molecule has 2 aromatic carbocycles. The molecule has 1 fully saturated rings. The fourth-order valence-electron chi connectivity index (χ4n) is 4.38. The van der Waals surface area contributed by atoms with Crippen molar-refractivity contribution in [3.63, 3.8) is 0 Å². The number of nitrogens with zero attached hydrogens (tertiary/aromatic N) is 4. The van der Waals surface area contributed by atoms with Crippen molar-refractivity contribution in [1.29, 1.82) is 0 Å². The molecule has 2 aliphatic rings. The van der Waals surface area contributed by atoms with Crippen LogP contribution in [0.15, 0.2) is 53.6 Å². The van der Waals surface area contributed by atoms with E-state index in [0.29, 0.717) is 43.1 Å². The van der Waals surface area contributed by atoms with Gasteiger partial charge in [0.05, 0.1) is 25.0 Å². The van der Waals surface area contributed by atoms with E-state index in [1.54, 1.807) is 42.2 Å². The molecular formula is C26H30F2N4O3. The third-order valence-electron chi connectivity index (χ3n) is 6.38. The Morgan fingerprint density at radius 3 is 2.49 bits per heavy atom. The number of hydrogen-bond acceptors (Lipinski definition) is 5. The van der Waals surface area contributed by atoms with E-state index < -0.39 is 11.9 Å². The van der Waals surface area contributed by atoms with E-state index in [0.717, 1.165) is 13.1 Å². The molecule has 2 amide bonds. The Morgan fingerprint density at radius 2 is 1.80 bits per heavy atom. The summed E-state index contributed by atoms with van der Waals surface area (Å²) in [5, 5.41) is 5.81. The van der Waals surface area contributed by atoms with Crippen LogP contribution in [0.1, 0.15) is 36.9 Å². The smallest absolute Gasteiger partial charge is 0.262 e. The van der Waals surface area contributed by atoms with Gasteiger partial charge >= 0.3 is 0 Å². The number of ether oxygens (including phenoxy) is 1. The van der Waals surface area contributed by atoms with Gasteiger partial charge in [-0.2, -0.15) is 5.10 Å². The fraction of sp³-hybridized carbons (Fsp3) is 0.423. The van der Waals surface area contributed by atoms with Crippen LogP contribution in [0, 0.1) is 11.6 Å². The van der Waals surface area contributed by atoms with Crippen molar-refractivity contribution in [2.24, 2.45) is 5.10 Å². The van der Waals surface area contributed by atoms with Gasteiger partial charge in [-0.15, -0.1) is 0 Å². The van der Waals surface area contributed by atoms with Crippen LogP contribution in [0.4, 0.5) is 8.78 Å². The lowest BCUT2D eigenvalue weighted by molar-refractivity contribution is -0.141. The lowest BCUT2D eigenvalue weighted by atomic mass is 9.98. The van der Waals surface area contributed by atoms with E-state index in [-0.39, 0.29) is 37.0 Å². The predicted molar refractivity (Wildman–Crippen MR) is 128 cm³/mol.